The Balaban J connectivity index is 1.10. The average molecular weight is 666 g/mol. The SMILES string of the molecule is C1=C(n2c3ccccc3c3ccccc32)CCC(n2c3ccccc3c3cc4c5ccccc5n(-c5ccc6oc7ccccc7c6c5)c4cc32)=C1. The zero-order valence-corrected chi connectivity index (χ0v) is 28.3. The third-order valence-corrected chi connectivity index (χ3v) is 11.3. The number of nitrogens with zero attached hydrogens (tertiary/aromatic N) is 3. The summed E-state index contributed by atoms with van der Waals surface area (Å²) >= 11 is 0. The zero-order valence-electron chi connectivity index (χ0n) is 28.3. The molecule has 0 aliphatic heterocycles. The zero-order chi connectivity index (χ0) is 33.9. The lowest BCUT2D eigenvalue weighted by Crippen LogP contribution is -2.05. The number of fused-ring (bicyclic) bond motifs is 12. The number of allylic oxidation sites excluding steroid dienone is 4. The minimum atomic E-state index is 0.908. The molecule has 12 rings (SSSR count). The van der Waals surface area contributed by atoms with Gasteiger partial charge in [-0.3, -0.25) is 0 Å². The van der Waals surface area contributed by atoms with Crippen molar-refractivity contribution in [3.05, 3.63) is 164 Å². The Morgan fingerprint density at radius 2 is 0.769 bits per heavy atom. The van der Waals surface area contributed by atoms with Crippen molar-refractivity contribution in [3.8, 4) is 5.69 Å². The van der Waals surface area contributed by atoms with Gasteiger partial charge in [0.15, 0.2) is 0 Å². The lowest BCUT2D eigenvalue weighted by atomic mass is 10.1. The molecule has 4 heteroatoms. The monoisotopic (exact) mass is 665 g/mol. The molecule has 0 radical (unpaired) electrons. The Hall–Kier alpha value is -6.78. The van der Waals surface area contributed by atoms with E-state index in [-0.39, 0.29) is 0 Å². The van der Waals surface area contributed by atoms with E-state index in [0.29, 0.717) is 0 Å². The van der Waals surface area contributed by atoms with Crippen molar-refractivity contribution in [1.29, 1.82) is 0 Å². The van der Waals surface area contributed by atoms with Gasteiger partial charge in [0.2, 0.25) is 0 Å². The van der Waals surface area contributed by atoms with Crippen LogP contribution in [0.25, 0.3) is 104 Å². The van der Waals surface area contributed by atoms with Crippen LogP contribution in [0.1, 0.15) is 12.8 Å². The Labute approximate surface area is 298 Å². The Bertz CT molecular complexity index is 3300. The Morgan fingerprint density at radius 3 is 1.35 bits per heavy atom. The maximum atomic E-state index is 6.22. The highest BCUT2D eigenvalue weighted by Gasteiger charge is 2.22. The summed E-state index contributed by atoms with van der Waals surface area (Å²) in [5.74, 6) is 0. The van der Waals surface area contributed by atoms with Crippen molar-refractivity contribution >= 4 is 98.8 Å². The van der Waals surface area contributed by atoms with E-state index < -0.39 is 0 Å². The van der Waals surface area contributed by atoms with Crippen LogP contribution in [0.15, 0.2) is 168 Å². The van der Waals surface area contributed by atoms with E-state index in [9.17, 15) is 0 Å². The molecule has 244 valence electrons. The van der Waals surface area contributed by atoms with E-state index in [1.165, 1.54) is 76.8 Å². The topological polar surface area (TPSA) is 27.9 Å². The Morgan fingerprint density at radius 1 is 0.327 bits per heavy atom. The maximum Gasteiger partial charge on any atom is 0.135 e. The van der Waals surface area contributed by atoms with Gasteiger partial charge in [-0.1, -0.05) is 91.0 Å². The lowest BCUT2D eigenvalue weighted by Gasteiger charge is -2.20. The molecule has 4 nitrogen and oxygen atoms in total. The van der Waals surface area contributed by atoms with Crippen molar-refractivity contribution in [2.45, 2.75) is 12.8 Å². The minimum absolute atomic E-state index is 0.908. The molecule has 4 aromatic heterocycles. The first-order valence-electron chi connectivity index (χ1n) is 18.1. The lowest BCUT2D eigenvalue weighted by molar-refractivity contribution is 0.669. The molecule has 0 atom stereocenters. The Kier molecular flexibility index (Phi) is 5.58. The van der Waals surface area contributed by atoms with Crippen LogP contribution < -0.4 is 0 Å². The van der Waals surface area contributed by atoms with E-state index in [0.717, 1.165) is 40.5 Å². The predicted octanol–water partition coefficient (Wildman–Crippen LogP) is 13.1. The summed E-state index contributed by atoms with van der Waals surface area (Å²) in [5, 5.41) is 9.94. The summed E-state index contributed by atoms with van der Waals surface area (Å²) in [6.07, 6.45) is 6.58. The molecule has 0 saturated carbocycles. The number of hydrogen-bond donors (Lipinski definition) is 0. The molecule has 0 amide bonds. The van der Waals surface area contributed by atoms with Crippen LogP contribution in [0.5, 0.6) is 0 Å². The molecular weight excluding hydrogens is 635 g/mol. The second-order valence-corrected chi connectivity index (χ2v) is 14.1. The van der Waals surface area contributed by atoms with Crippen molar-refractivity contribution in [2.75, 3.05) is 0 Å². The van der Waals surface area contributed by atoms with Crippen LogP contribution in [0.4, 0.5) is 0 Å². The van der Waals surface area contributed by atoms with Crippen LogP contribution >= 0.6 is 0 Å². The molecule has 52 heavy (non-hydrogen) atoms. The van der Waals surface area contributed by atoms with Crippen molar-refractivity contribution in [1.82, 2.24) is 13.7 Å². The van der Waals surface area contributed by atoms with Crippen molar-refractivity contribution in [2.24, 2.45) is 0 Å². The molecule has 0 N–H and O–H groups in total. The highest BCUT2D eigenvalue weighted by molar-refractivity contribution is 6.20. The minimum Gasteiger partial charge on any atom is -0.456 e. The quantitative estimate of drug-likeness (QED) is 0.185. The highest BCUT2D eigenvalue weighted by Crippen LogP contribution is 2.42. The maximum absolute atomic E-state index is 6.22. The van der Waals surface area contributed by atoms with E-state index in [1.807, 2.05) is 12.1 Å². The van der Waals surface area contributed by atoms with Gasteiger partial charge in [-0.2, -0.15) is 0 Å². The van der Waals surface area contributed by atoms with Crippen LogP contribution in [0.3, 0.4) is 0 Å². The van der Waals surface area contributed by atoms with Crippen LogP contribution in [0.2, 0.25) is 0 Å². The number of benzene rings is 7. The molecule has 11 aromatic rings. The highest BCUT2D eigenvalue weighted by atomic mass is 16.3. The molecule has 1 aliphatic rings. The van der Waals surface area contributed by atoms with Gasteiger partial charge in [0.25, 0.3) is 0 Å². The van der Waals surface area contributed by atoms with Gasteiger partial charge >= 0.3 is 0 Å². The molecular formula is C48H31N3O. The molecule has 0 bridgehead atoms. The van der Waals surface area contributed by atoms with Crippen molar-refractivity contribution in [3.63, 3.8) is 0 Å². The normalized spacial score (nSPS) is 13.8. The van der Waals surface area contributed by atoms with Gasteiger partial charge in [0, 0.05) is 60.2 Å². The smallest absolute Gasteiger partial charge is 0.135 e. The van der Waals surface area contributed by atoms with E-state index in [1.54, 1.807) is 0 Å². The van der Waals surface area contributed by atoms with E-state index in [2.05, 4.69) is 165 Å². The fraction of sp³-hybridized carbons (Fsp3) is 0.0417. The third kappa shape index (κ3) is 3.76. The second kappa shape index (κ2) is 10.4. The summed E-state index contributed by atoms with van der Waals surface area (Å²) in [7, 11) is 0. The number of hydrogen-bond acceptors (Lipinski definition) is 1. The molecule has 0 fully saturated rings. The van der Waals surface area contributed by atoms with Gasteiger partial charge in [-0.05, 0) is 85.7 Å². The fourth-order valence-electron chi connectivity index (χ4n) is 9.09. The molecule has 4 heterocycles. The summed E-state index contributed by atoms with van der Waals surface area (Å²) in [6.45, 7) is 0. The summed E-state index contributed by atoms with van der Waals surface area (Å²) < 4.78 is 13.6. The third-order valence-electron chi connectivity index (χ3n) is 11.3. The number of furan rings is 1. The fourth-order valence-corrected chi connectivity index (χ4v) is 9.09. The number of aromatic nitrogens is 3. The van der Waals surface area contributed by atoms with Gasteiger partial charge in [0.1, 0.15) is 11.2 Å². The van der Waals surface area contributed by atoms with E-state index in [4.69, 9.17) is 4.42 Å². The summed E-state index contributed by atoms with van der Waals surface area (Å²) in [6, 6.07) is 55.0. The number of rotatable bonds is 3. The standard InChI is InChI=1S/C48H31N3O/c1-6-16-41-33(11-1)34-12-2-7-17-42(34)49(41)30-21-23-31(24-22-30)50-43-18-8-3-13-35(43)38-28-39-36-14-4-9-19-44(36)51(46(39)29-45(38)50)32-25-26-48-40(27-32)37-15-5-10-20-47(37)52-48/h1-21,23,25-29H,22,24H2. The first kappa shape index (κ1) is 28.0. The predicted molar refractivity (Wildman–Crippen MR) is 218 cm³/mol. The van der Waals surface area contributed by atoms with Crippen LogP contribution in [-0.2, 0) is 0 Å². The van der Waals surface area contributed by atoms with Gasteiger partial charge in [0.05, 0.1) is 33.1 Å². The molecule has 1 aliphatic carbocycles. The van der Waals surface area contributed by atoms with Crippen molar-refractivity contribution < 1.29 is 4.42 Å². The van der Waals surface area contributed by atoms with Crippen LogP contribution in [0, 0.1) is 0 Å². The molecule has 0 saturated heterocycles. The van der Waals surface area contributed by atoms with Gasteiger partial charge in [-0.25, -0.2) is 0 Å². The summed E-state index contributed by atoms with van der Waals surface area (Å²) in [5.41, 5.74) is 13.0. The largest absolute Gasteiger partial charge is 0.456 e. The average Bonchev–Trinajstić information content (AvgIpc) is 3.93. The van der Waals surface area contributed by atoms with Crippen LogP contribution in [-0.4, -0.2) is 13.7 Å². The first-order chi connectivity index (χ1) is 25.8. The van der Waals surface area contributed by atoms with Gasteiger partial charge in [-0.15, -0.1) is 0 Å². The van der Waals surface area contributed by atoms with Gasteiger partial charge < -0.3 is 18.1 Å². The summed E-state index contributed by atoms with van der Waals surface area (Å²) in [4.78, 5) is 0. The molecule has 7 aromatic carbocycles. The number of para-hydroxylation sites is 5. The first-order valence-corrected chi connectivity index (χ1v) is 18.1. The molecule has 0 unspecified atom stereocenters. The molecule has 0 spiro atoms. The second-order valence-electron chi connectivity index (χ2n) is 14.1. The van der Waals surface area contributed by atoms with E-state index >= 15 is 0 Å².